The molecule has 1 atom stereocenters. The van der Waals surface area contributed by atoms with E-state index in [4.69, 9.17) is 14.2 Å². The van der Waals surface area contributed by atoms with Crippen molar-refractivity contribution in [2.24, 2.45) is 5.92 Å². The van der Waals surface area contributed by atoms with Gasteiger partial charge in [-0.3, -0.25) is 4.79 Å². The summed E-state index contributed by atoms with van der Waals surface area (Å²) in [4.78, 5) is 12.0. The molecule has 0 radical (unpaired) electrons. The molecule has 0 aliphatic rings. The SMILES string of the molecule is CCCCCCCCc1ccc(OCCOCCOC(=O)C(CC)CCCC)cc1. The topological polar surface area (TPSA) is 44.8 Å². The molecule has 1 aromatic carbocycles. The highest BCUT2D eigenvalue weighted by Crippen LogP contribution is 2.16. The number of unbranched alkanes of at least 4 members (excludes halogenated alkanes) is 6. The molecule has 0 bridgehead atoms. The van der Waals surface area contributed by atoms with E-state index in [1.807, 2.05) is 19.1 Å². The number of hydrogen-bond donors (Lipinski definition) is 0. The van der Waals surface area contributed by atoms with Crippen LogP contribution in [0, 0.1) is 5.92 Å². The zero-order chi connectivity index (χ0) is 21.9. The maximum atomic E-state index is 12.0. The summed E-state index contributed by atoms with van der Waals surface area (Å²) in [5.41, 5.74) is 1.38. The first-order chi connectivity index (χ1) is 14.7. The molecular weight excluding hydrogens is 376 g/mol. The van der Waals surface area contributed by atoms with Crippen molar-refractivity contribution < 1.29 is 19.0 Å². The van der Waals surface area contributed by atoms with Crippen molar-refractivity contribution in [3.63, 3.8) is 0 Å². The van der Waals surface area contributed by atoms with E-state index in [-0.39, 0.29) is 11.9 Å². The van der Waals surface area contributed by atoms with Gasteiger partial charge in [-0.25, -0.2) is 0 Å². The van der Waals surface area contributed by atoms with Gasteiger partial charge in [0.25, 0.3) is 0 Å². The molecule has 1 aromatic rings. The zero-order valence-corrected chi connectivity index (χ0v) is 19.6. The van der Waals surface area contributed by atoms with E-state index in [1.54, 1.807) is 0 Å². The van der Waals surface area contributed by atoms with Crippen molar-refractivity contribution in [2.75, 3.05) is 26.4 Å². The lowest BCUT2D eigenvalue weighted by atomic mass is 10.00. The number of aryl methyl sites for hydroxylation is 1. The fourth-order valence-corrected chi connectivity index (χ4v) is 3.44. The summed E-state index contributed by atoms with van der Waals surface area (Å²) in [6.45, 7) is 8.15. The van der Waals surface area contributed by atoms with Crippen LogP contribution in [0.5, 0.6) is 5.75 Å². The Morgan fingerprint density at radius 3 is 2.17 bits per heavy atom. The lowest BCUT2D eigenvalue weighted by Gasteiger charge is -2.13. The molecular formula is C26H44O4. The van der Waals surface area contributed by atoms with Gasteiger partial charge in [-0.15, -0.1) is 0 Å². The van der Waals surface area contributed by atoms with Gasteiger partial charge in [-0.05, 0) is 43.4 Å². The average molecular weight is 421 g/mol. The second-order valence-corrected chi connectivity index (χ2v) is 8.04. The Bertz CT molecular complexity index is 526. The average Bonchev–Trinajstić information content (AvgIpc) is 2.77. The molecule has 0 aromatic heterocycles. The molecule has 172 valence electrons. The van der Waals surface area contributed by atoms with Crippen LogP contribution in [0.1, 0.15) is 90.5 Å². The van der Waals surface area contributed by atoms with E-state index >= 15 is 0 Å². The van der Waals surface area contributed by atoms with Crippen molar-refractivity contribution >= 4 is 5.97 Å². The molecule has 0 fully saturated rings. The highest BCUT2D eigenvalue weighted by Gasteiger charge is 2.16. The molecule has 0 amide bonds. The van der Waals surface area contributed by atoms with Crippen LogP contribution in [0.4, 0.5) is 0 Å². The molecule has 0 spiro atoms. The van der Waals surface area contributed by atoms with Crippen LogP contribution >= 0.6 is 0 Å². The Morgan fingerprint density at radius 1 is 0.800 bits per heavy atom. The maximum Gasteiger partial charge on any atom is 0.308 e. The Morgan fingerprint density at radius 2 is 1.47 bits per heavy atom. The second-order valence-electron chi connectivity index (χ2n) is 8.04. The van der Waals surface area contributed by atoms with Crippen LogP contribution in [-0.4, -0.2) is 32.4 Å². The number of hydrogen-bond acceptors (Lipinski definition) is 4. The monoisotopic (exact) mass is 420 g/mol. The van der Waals surface area contributed by atoms with E-state index in [0.29, 0.717) is 26.4 Å². The van der Waals surface area contributed by atoms with Gasteiger partial charge in [0.2, 0.25) is 0 Å². The van der Waals surface area contributed by atoms with Crippen molar-refractivity contribution in [2.45, 2.75) is 91.4 Å². The third kappa shape index (κ3) is 12.9. The molecule has 0 heterocycles. The maximum absolute atomic E-state index is 12.0. The van der Waals surface area contributed by atoms with Gasteiger partial charge in [-0.2, -0.15) is 0 Å². The summed E-state index contributed by atoms with van der Waals surface area (Å²) >= 11 is 0. The first-order valence-corrected chi connectivity index (χ1v) is 12.2. The van der Waals surface area contributed by atoms with Crippen LogP contribution in [-0.2, 0) is 20.7 Å². The van der Waals surface area contributed by atoms with Crippen molar-refractivity contribution in [3.05, 3.63) is 29.8 Å². The van der Waals surface area contributed by atoms with Crippen LogP contribution in [0.2, 0.25) is 0 Å². The van der Waals surface area contributed by atoms with Gasteiger partial charge in [0.05, 0.1) is 19.1 Å². The smallest absolute Gasteiger partial charge is 0.308 e. The van der Waals surface area contributed by atoms with Crippen molar-refractivity contribution in [1.82, 2.24) is 0 Å². The summed E-state index contributed by atoms with van der Waals surface area (Å²) in [6, 6.07) is 8.39. The van der Waals surface area contributed by atoms with Gasteiger partial charge in [0.15, 0.2) is 0 Å². The van der Waals surface area contributed by atoms with Crippen LogP contribution in [0.25, 0.3) is 0 Å². The van der Waals surface area contributed by atoms with Crippen LogP contribution in [0.15, 0.2) is 24.3 Å². The number of ether oxygens (including phenoxy) is 3. The molecule has 1 rings (SSSR count). The minimum Gasteiger partial charge on any atom is -0.491 e. The number of carbonyl (C=O) groups excluding carboxylic acids is 1. The fourth-order valence-electron chi connectivity index (χ4n) is 3.44. The number of carbonyl (C=O) groups is 1. The third-order valence-electron chi connectivity index (χ3n) is 5.44. The minimum atomic E-state index is -0.0909. The Kier molecular flexibility index (Phi) is 16.1. The quantitative estimate of drug-likeness (QED) is 0.183. The molecule has 0 aliphatic carbocycles. The lowest BCUT2D eigenvalue weighted by Crippen LogP contribution is -2.20. The number of esters is 1. The highest BCUT2D eigenvalue weighted by atomic mass is 16.6. The molecule has 0 aliphatic heterocycles. The Balaban J connectivity index is 2.05. The first-order valence-electron chi connectivity index (χ1n) is 12.2. The van der Waals surface area contributed by atoms with E-state index in [1.165, 1.54) is 44.1 Å². The molecule has 0 saturated carbocycles. The van der Waals surface area contributed by atoms with Crippen molar-refractivity contribution in [1.29, 1.82) is 0 Å². The summed E-state index contributed by atoms with van der Waals surface area (Å²) in [6.07, 6.45) is 13.0. The van der Waals surface area contributed by atoms with Gasteiger partial charge >= 0.3 is 5.97 Å². The second kappa shape index (κ2) is 18.2. The third-order valence-corrected chi connectivity index (χ3v) is 5.44. The predicted molar refractivity (Wildman–Crippen MR) is 124 cm³/mol. The molecule has 0 saturated heterocycles. The minimum absolute atomic E-state index is 0.0253. The molecule has 4 nitrogen and oxygen atoms in total. The molecule has 1 unspecified atom stereocenters. The van der Waals surface area contributed by atoms with E-state index in [2.05, 4.69) is 26.0 Å². The largest absolute Gasteiger partial charge is 0.491 e. The van der Waals surface area contributed by atoms with Crippen LogP contribution in [0.3, 0.4) is 0 Å². The standard InChI is InChI=1S/C26H44O4/c1-4-7-9-10-11-12-13-23-15-17-25(18-16-23)29-21-19-28-20-22-30-26(27)24(6-3)14-8-5-2/h15-18,24H,4-14,19-22H2,1-3H3. The lowest BCUT2D eigenvalue weighted by molar-refractivity contribution is -0.150. The predicted octanol–water partition coefficient (Wildman–Crippen LogP) is 6.74. The van der Waals surface area contributed by atoms with Gasteiger partial charge in [0.1, 0.15) is 19.0 Å². The highest BCUT2D eigenvalue weighted by molar-refractivity contribution is 5.72. The fraction of sp³-hybridized carbons (Fsp3) is 0.731. The first kappa shape index (κ1) is 26.5. The molecule has 30 heavy (non-hydrogen) atoms. The summed E-state index contributed by atoms with van der Waals surface area (Å²) in [5.74, 6) is 0.808. The molecule has 4 heteroatoms. The molecule has 0 N–H and O–H groups in total. The number of rotatable bonds is 19. The summed E-state index contributed by atoms with van der Waals surface area (Å²) in [7, 11) is 0. The van der Waals surface area contributed by atoms with E-state index < -0.39 is 0 Å². The zero-order valence-electron chi connectivity index (χ0n) is 19.6. The van der Waals surface area contributed by atoms with Gasteiger partial charge in [-0.1, -0.05) is 77.8 Å². The van der Waals surface area contributed by atoms with Gasteiger partial charge < -0.3 is 14.2 Å². The van der Waals surface area contributed by atoms with Crippen LogP contribution < -0.4 is 4.74 Å². The normalized spacial score (nSPS) is 12.0. The summed E-state index contributed by atoms with van der Waals surface area (Å²) < 4.78 is 16.6. The number of benzene rings is 1. The Labute approximate surface area is 184 Å². The van der Waals surface area contributed by atoms with E-state index in [0.717, 1.165) is 37.9 Å². The van der Waals surface area contributed by atoms with E-state index in [9.17, 15) is 4.79 Å². The summed E-state index contributed by atoms with van der Waals surface area (Å²) in [5, 5.41) is 0. The Hall–Kier alpha value is -1.55. The van der Waals surface area contributed by atoms with Gasteiger partial charge in [0, 0.05) is 0 Å². The van der Waals surface area contributed by atoms with Crippen molar-refractivity contribution in [3.8, 4) is 5.75 Å².